The van der Waals surface area contributed by atoms with Crippen LogP contribution >= 0.6 is 0 Å². The first-order valence-electron chi connectivity index (χ1n) is 2.00. The van der Waals surface area contributed by atoms with Crippen LogP contribution < -0.4 is 0 Å². The molecule has 0 fully saturated rings. The molecular formula is C4H12Sn. The molecule has 0 amide bonds. The first-order chi connectivity index (χ1) is 2.41. The predicted molar refractivity (Wildman–Crippen MR) is 28.8 cm³/mol. The normalized spacial score (nSPS) is 4.80. The van der Waals surface area contributed by atoms with Crippen molar-refractivity contribution in [3.05, 3.63) is 0 Å². The number of hydrogen-bond acceptors (Lipinski definition) is 0. The minimum atomic E-state index is 0.230. The second-order valence-corrected chi connectivity index (χ2v) is 3.35. The van der Waals surface area contributed by atoms with Crippen molar-refractivity contribution in [1.29, 1.82) is 0 Å². The molecule has 0 aromatic rings. The van der Waals surface area contributed by atoms with Gasteiger partial charge in [0.1, 0.15) is 0 Å². The van der Waals surface area contributed by atoms with Crippen LogP contribution in [0.2, 0.25) is 9.88 Å². The van der Waals surface area contributed by atoms with Crippen molar-refractivity contribution in [2.75, 3.05) is 0 Å². The van der Waals surface area contributed by atoms with Crippen LogP contribution in [0.3, 0.4) is 0 Å². The summed E-state index contributed by atoms with van der Waals surface area (Å²) in [5, 5.41) is 0. The summed E-state index contributed by atoms with van der Waals surface area (Å²) in [5.41, 5.74) is 0. The SMILES string of the molecule is CC.[CH3][Sn][CH3]. The van der Waals surface area contributed by atoms with Crippen molar-refractivity contribution >= 4 is 21.1 Å². The topological polar surface area (TPSA) is 0 Å². The van der Waals surface area contributed by atoms with Gasteiger partial charge < -0.3 is 0 Å². The molecule has 0 heterocycles. The zero-order chi connectivity index (χ0) is 4.71. The monoisotopic (exact) mass is 180 g/mol. The second-order valence-electron chi connectivity index (χ2n) is 0.500. The summed E-state index contributed by atoms with van der Waals surface area (Å²) in [7, 11) is 0. The molecule has 0 rings (SSSR count). The van der Waals surface area contributed by atoms with E-state index in [2.05, 4.69) is 9.88 Å². The maximum atomic E-state index is 2.30. The molecule has 0 nitrogen and oxygen atoms in total. The summed E-state index contributed by atoms with van der Waals surface area (Å²) >= 11 is 0.230. The first-order valence-corrected chi connectivity index (χ1v) is 7.71. The van der Waals surface area contributed by atoms with Gasteiger partial charge in [-0.05, 0) is 0 Å². The molecule has 0 spiro atoms. The summed E-state index contributed by atoms with van der Waals surface area (Å²) < 4.78 is 0. The van der Waals surface area contributed by atoms with Gasteiger partial charge in [-0.15, -0.1) is 0 Å². The van der Waals surface area contributed by atoms with E-state index in [4.69, 9.17) is 0 Å². The fourth-order valence-corrected chi connectivity index (χ4v) is 0. The molecule has 0 aliphatic heterocycles. The molecule has 1 heteroatoms. The van der Waals surface area contributed by atoms with Crippen LogP contribution in [0, 0.1) is 0 Å². The average molecular weight is 179 g/mol. The molecule has 2 radical (unpaired) electrons. The van der Waals surface area contributed by atoms with Crippen molar-refractivity contribution in [3.8, 4) is 0 Å². The van der Waals surface area contributed by atoms with Crippen LogP contribution in [0.4, 0.5) is 0 Å². The van der Waals surface area contributed by atoms with Gasteiger partial charge in [0.25, 0.3) is 0 Å². The van der Waals surface area contributed by atoms with Crippen molar-refractivity contribution in [3.63, 3.8) is 0 Å². The van der Waals surface area contributed by atoms with Crippen molar-refractivity contribution < 1.29 is 0 Å². The molecule has 0 saturated heterocycles. The van der Waals surface area contributed by atoms with E-state index in [1.54, 1.807) is 0 Å². The third kappa shape index (κ3) is 58.9. The average Bonchev–Trinajstić information content (AvgIpc) is 1.46. The fourth-order valence-electron chi connectivity index (χ4n) is 0. The third-order valence-corrected chi connectivity index (χ3v) is 0. The van der Waals surface area contributed by atoms with Crippen molar-refractivity contribution in [1.82, 2.24) is 0 Å². The Labute approximate surface area is 45.2 Å². The Balaban J connectivity index is 0. The van der Waals surface area contributed by atoms with Crippen molar-refractivity contribution in [2.24, 2.45) is 0 Å². The molecule has 0 aliphatic carbocycles. The van der Waals surface area contributed by atoms with Crippen LogP contribution in [0.1, 0.15) is 13.8 Å². The zero-order valence-corrected chi connectivity index (χ0v) is 7.35. The van der Waals surface area contributed by atoms with Crippen LogP contribution in [0.25, 0.3) is 0 Å². The van der Waals surface area contributed by atoms with Gasteiger partial charge in [-0.3, -0.25) is 0 Å². The van der Waals surface area contributed by atoms with Gasteiger partial charge in [0.05, 0.1) is 0 Å². The third-order valence-electron chi connectivity index (χ3n) is 0. The summed E-state index contributed by atoms with van der Waals surface area (Å²) in [6.07, 6.45) is 0. The molecule has 0 atom stereocenters. The van der Waals surface area contributed by atoms with Crippen LogP contribution in [-0.2, 0) is 0 Å². The summed E-state index contributed by atoms with van der Waals surface area (Å²) in [6, 6.07) is 0. The number of hydrogen-bond donors (Lipinski definition) is 0. The van der Waals surface area contributed by atoms with Crippen LogP contribution in [0.5, 0.6) is 0 Å². The summed E-state index contributed by atoms with van der Waals surface area (Å²) in [5.74, 6) is 0. The minimum absolute atomic E-state index is 0.230. The molecule has 0 N–H and O–H groups in total. The molecule has 0 aromatic carbocycles. The molecule has 0 aliphatic rings. The Bertz CT molecular complexity index is 3.61. The number of rotatable bonds is 0. The van der Waals surface area contributed by atoms with E-state index in [-0.39, 0.29) is 21.1 Å². The van der Waals surface area contributed by atoms with Gasteiger partial charge >= 0.3 is 31.0 Å². The molecular weight excluding hydrogens is 167 g/mol. The predicted octanol–water partition coefficient (Wildman–Crippen LogP) is 1.81. The Morgan fingerprint density at radius 2 is 1.00 bits per heavy atom. The molecule has 5 heavy (non-hydrogen) atoms. The van der Waals surface area contributed by atoms with E-state index in [1.807, 2.05) is 13.8 Å². The summed E-state index contributed by atoms with van der Waals surface area (Å²) in [4.78, 5) is 4.59. The molecule has 0 saturated carbocycles. The molecule has 0 unspecified atom stereocenters. The van der Waals surface area contributed by atoms with E-state index in [9.17, 15) is 0 Å². The Morgan fingerprint density at radius 1 is 1.00 bits per heavy atom. The molecule has 0 bridgehead atoms. The van der Waals surface area contributed by atoms with E-state index >= 15 is 0 Å². The van der Waals surface area contributed by atoms with Crippen LogP contribution in [-0.4, -0.2) is 21.1 Å². The first kappa shape index (κ1) is 9.25. The van der Waals surface area contributed by atoms with Gasteiger partial charge in [-0.1, -0.05) is 13.8 Å². The second kappa shape index (κ2) is 21.4. The standard InChI is InChI=1S/C2H6.2CH3.Sn/c1-2;;;/h1-2H3;2*1H3;. The van der Waals surface area contributed by atoms with E-state index in [1.165, 1.54) is 0 Å². The van der Waals surface area contributed by atoms with Crippen molar-refractivity contribution in [2.45, 2.75) is 23.7 Å². The van der Waals surface area contributed by atoms with Gasteiger partial charge in [-0.2, -0.15) is 0 Å². The van der Waals surface area contributed by atoms with E-state index in [0.717, 1.165) is 0 Å². The van der Waals surface area contributed by atoms with Gasteiger partial charge in [0, 0.05) is 0 Å². The Kier molecular flexibility index (Phi) is 39.6. The van der Waals surface area contributed by atoms with Gasteiger partial charge in [-0.25, -0.2) is 0 Å². The summed E-state index contributed by atoms with van der Waals surface area (Å²) in [6.45, 7) is 4.00. The quantitative estimate of drug-likeness (QED) is 0.497. The Hall–Kier alpha value is 0.799. The Morgan fingerprint density at radius 3 is 1.00 bits per heavy atom. The van der Waals surface area contributed by atoms with E-state index in [0.29, 0.717) is 0 Å². The molecule has 0 aromatic heterocycles. The molecule has 32 valence electrons. The zero-order valence-electron chi connectivity index (χ0n) is 4.50. The van der Waals surface area contributed by atoms with Gasteiger partial charge in [0.2, 0.25) is 0 Å². The van der Waals surface area contributed by atoms with Crippen LogP contribution in [0.15, 0.2) is 0 Å². The van der Waals surface area contributed by atoms with E-state index < -0.39 is 0 Å². The fraction of sp³-hybridized carbons (Fsp3) is 1.00. The van der Waals surface area contributed by atoms with Gasteiger partial charge in [0.15, 0.2) is 0 Å². The maximum absolute atomic E-state index is 2.30.